The van der Waals surface area contributed by atoms with Gasteiger partial charge in [-0.05, 0) is 47.4 Å². The van der Waals surface area contributed by atoms with Crippen molar-refractivity contribution in [3.63, 3.8) is 0 Å². The van der Waals surface area contributed by atoms with Gasteiger partial charge in [0.2, 0.25) is 6.79 Å². The summed E-state index contributed by atoms with van der Waals surface area (Å²) in [6.07, 6.45) is 5.90. The zero-order valence-corrected chi connectivity index (χ0v) is 19.0. The molecule has 0 spiro atoms. The Kier molecular flexibility index (Phi) is 6.85. The van der Waals surface area contributed by atoms with Crippen LogP contribution in [0.1, 0.15) is 56.5 Å². The first-order chi connectivity index (χ1) is 15.8. The number of fused-ring (bicyclic) bond motifs is 1. The van der Waals surface area contributed by atoms with E-state index in [0.29, 0.717) is 6.79 Å². The summed E-state index contributed by atoms with van der Waals surface area (Å²) in [5.74, 6) is 2.70. The summed E-state index contributed by atoms with van der Waals surface area (Å²) in [6, 6.07) is 6.53. The maximum absolute atomic E-state index is 5.83. The first-order valence-corrected chi connectivity index (χ1v) is 12.0. The van der Waals surface area contributed by atoms with Crippen LogP contribution in [0.2, 0.25) is 0 Å². The molecule has 2 atom stereocenters. The van der Waals surface area contributed by atoms with E-state index in [1.54, 1.807) is 0 Å². The average Bonchev–Trinajstić information content (AvgIpc) is 3.58. The number of hydrogen-bond acceptors (Lipinski definition) is 8. The van der Waals surface area contributed by atoms with E-state index in [0.717, 1.165) is 82.5 Å². The molecular weight excluding hydrogens is 408 g/mol. The molecule has 1 aromatic heterocycles. The number of benzene rings is 1. The van der Waals surface area contributed by atoms with Crippen LogP contribution in [-0.4, -0.2) is 75.7 Å². The van der Waals surface area contributed by atoms with Crippen molar-refractivity contribution in [3.8, 4) is 11.5 Å². The molecule has 9 nitrogen and oxygen atoms in total. The fraction of sp³-hybridized carbons (Fsp3) is 0.696. The van der Waals surface area contributed by atoms with Gasteiger partial charge in [-0.25, -0.2) is 4.68 Å². The van der Waals surface area contributed by atoms with Gasteiger partial charge in [-0.3, -0.25) is 9.80 Å². The molecule has 5 rings (SSSR count). The van der Waals surface area contributed by atoms with Gasteiger partial charge in [-0.1, -0.05) is 25.8 Å². The summed E-state index contributed by atoms with van der Waals surface area (Å²) in [7, 11) is 0. The number of hydrogen-bond donors (Lipinski definition) is 0. The molecule has 3 aliphatic heterocycles. The Morgan fingerprint density at radius 1 is 1.12 bits per heavy atom. The lowest BCUT2D eigenvalue weighted by Crippen LogP contribution is -2.47. The number of tetrazole rings is 1. The van der Waals surface area contributed by atoms with Crippen molar-refractivity contribution in [1.29, 1.82) is 0 Å². The molecular formula is C23H34N6O3. The standard InChI is InChI=1S/C23H34N6O3/c1-2-3-6-20(23-24-25-26-29(23)16-19-5-4-13-30-19)28-11-9-27(10-12-28)15-18-7-8-21-22(14-18)32-17-31-21/h7-8,14,19-20H,2-6,9-13,15-17H2,1H3. The van der Waals surface area contributed by atoms with Crippen LogP contribution in [0.3, 0.4) is 0 Å². The van der Waals surface area contributed by atoms with Gasteiger partial charge in [0.25, 0.3) is 0 Å². The highest BCUT2D eigenvalue weighted by molar-refractivity contribution is 5.44. The Balaban J connectivity index is 1.21. The van der Waals surface area contributed by atoms with E-state index in [9.17, 15) is 0 Å². The summed E-state index contributed by atoms with van der Waals surface area (Å²) < 4.78 is 18.8. The SMILES string of the molecule is CCCCC(c1nnnn1CC1CCCO1)N1CCN(Cc2ccc3c(c2)OCO3)CC1. The summed E-state index contributed by atoms with van der Waals surface area (Å²) in [5, 5.41) is 12.8. The molecule has 2 unspecified atom stereocenters. The molecule has 0 aliphatic carbocycles. The second-order valence-electron chi connectivity index (χ2n) is 9.01. The number of ether oxygens (including phenoxy) is 3. The van der Waals surface area contributed by atoms with E-state index in [1.165, 1.54) is 18.4 Å². The Bertz CT molecular complexity index is 876. The van der Waals surface area contributed by atoms with Crippen molar-refractivity contribution in [2.24, 2.45) is 0 Å². The molecule has 9 heteroatoms. The highest BCUT2D eigenvalue weighted by atomic mass is 16.7. The minimum absolute atomic E-state index is 0.239. The number of aromatic nitrogens is 4. The van der Waals surface area contributed by atoms with Crippen molar-refractivity contribution < 1.29 is 14.2 Å². The summed E-state index contributed by atoms with van der Waals surface area (Å²) >= 11 is 0. The molecule has 0 radical (unpaired) electrons. The lowest BCUT2D eigenvalue weighted by atomic mass is 10.1. The number of piperazine rings is 1. The maximum atomic E-state index is 5.83. The Morgan fingerprint density at radius 2 is 2.00 bits per heavy atom. The Hall–Kier alpha value is -2.23. The molecule has 2 saturated heterocycles. The average molecular weight is 443 g/mol. The normalized spacial score (nSPS) is 22.5. The zero-order valence-electron chi connectivity index (χ0n) is 19.0. The van der Waals surface area contributed by atoms with E-state index in [4.69, 9.17) is 14.2 Å². The quantitative estimate of drug-likeness (QED) is 0.587. The minimum atomic E-state index is 0.239. The molecule has 1 aromatic carbocycles. The fourth-order valence-electron chi connectivity index (χ4n) is 4.96. The van der Waals surface area contributed by atoms with Gasteiger partial charge in [0, 0.05) is 39.3 Å². The third-order valence-electron chi connectivity index (χ3n) is 6.78. The summed E-state index contributed by atoms with van der Waals surface area (Å²) in [5.41, 5.74) is 1.27. The van der Waals surface area contributed by atoms with Crippen LogP contribution >= 0.6 is 0 Å². The van der Waals surface area contributed by atoms with E-state index >= 15 is 0 Å². The largest absolute Gasteiger partial charge is 0.454 e. The first kappa shape index (κ1) is 21.6. The van der Waals surface area contributed by atoms with E-state index in [1.807, 2.05) is 10.7 Å². The van der Waals surface area contributed by atoms with Crippen LogP contribution < -0.4 is 9.47 Å². The monoisotopic (exact) mass is 442 g/mol. The second-order valence-corrected chi connectivity index (χ2v) is 9.01. The lowest BCUT2D eigenvalue weighted by Gasteiger charge is -2.39. The smallest absolute Gasteiger partial charge is 0.231 e. The van der Waals surface area contributed by atoms with Gasteiger partial charge in [0.1, 0.15) is 0 Å². The van der Waals surface area contributed by atoms with Crippen molar-refractivity contribution >= 4 is 0 Å². The topological polar surface area (TPSA) is 77.8 Å². The van der Waals surface area contributed by atoms with Gasteiger partial charge in [-0.15, -0.1) is 5.10 Å². The number of unbranched alkanes of at least 4 members (excludes halogenated alkanes) is 1. The first-order valence-electron chi connectivity index (χ1n) is 12.0. The lowest BCUT2D eigenvalue weighted by molar-refractivity contribution is 0.0730. The molecule has 32 heavy (non-hydrogen) atoms. The third kappa shape index (κ3) is 4.89. The molecule has 4 heterocycles. The van der Waals surface area contributed by atoms with Crippen molar-refractivity contribution in [2.75, 3.05) is 39.6 Å². The fourth-order valence-corrected chi connectivity index (χ4v) is 4.96. The van der Waals surface area contributed by atoms with Crippen LogP contribution in [-0.2, 0) is 17.8 Å². The van der Waals surface area contributed by atoms with Crippen molar-refractivity contribution in [3.05, 3.63) is 29.6 Å². The van der Waals surface area contributed by atoms with Crippen LogP contribution in [0.15, 0.2) is 18.2 Å². The molecule has 3 aliphatic rings. The van der Waals surface area contributed by atoms with Gasteiger partial charge in [-0.2, -0.15) is 0 Å². The Labute approximate surface area is 189 Å². The van der Waals surface area contributed by atoms with Crippen molar-refractivity contribution in [1.82, 2.24) is 30.0 Å². The molecule has 0 saturated carbocycles. The van der Waals surface area contributed by atoms with E-state index < -0.39 is 0 Å². The van der Waals surface area contributed by atoms with Crippen LogP contribution in [0.25, 0.3) is 0 Å². The third-order valence-corrected chi connectivity index (χ3v) is 6.78. The highest BCUT2D eigenvalue weighted by Gasteiger charge is 2.30. The predicted molar refractivity (Wildman–Crippen MR) is 118 cm³/mol. The predicted octanol–water partition coefficient (Wildman–Crippen LogP) is 2.63. The summed E-state index contributed by atoms with van der Waals surface area (Å²) in [4.78, 5) is 5.09. The molecule has 0 bridgehead atoms. The van der Waals surface area contributed by atoms with Crippen molar-refractivity contribution in [2.45, 2.75) is 64.3 Å². The Morgan fingerprint density at radius 3 is 2.81 bits per heavy atom. The van der Waals surface area contributed by atoms with Gasteiger partial charge in [0.05, 0.1) is 18.7 Å². The summed E-state index contributed by atoms with van der Waals surface area (Å²) in [6.45, 7) is 9.22. The van der Waals surface area contributed by atoms with Gasteiger partial charge >= 0.3 is 0 Å². The van der Waals surface area contributed by atoms with Crippen LogP contribution in [0, 0.1) is 0 Å². The zero-order chi connectivity index (χ0) is 21.8. The molecule has 0 N–H and O–H groups in total. The maximum Gasteiger partial charge on any atom is 0.231 e. The minimum Gasteiger partial charge on any atom is -0.454 e. The number of rotatable bonds is 9. The highest BCUT2D eigenvalue weighted by Crippen LogP contribution is 2.33. The second kappa shape index (κ2) is 10.1. The molecule has 2 aromatic rings. The number of nitrogens with zero attached hydrogens (tertiary/aromatic N) is 6. The molecule has 0 amide bonds. The van der Waals surface area contributed by atoms with E-state index in [2.05, 4.69) is 44.4 Å². The van der Waals surface area contributed by atoms with E-state index in [-0.39, 0.29) is 12.1 Å². The van der Waals surface area contributed by atoms with Gasteiger partial charge < -0.3 is 14.2 Å². The van der Waals surface area contributed by atoms with Gasteiger partial charge in [0.15, 0.2) is 17.3 Å². The van der Waals surface area contributed by atoms with Crippen LogP contribution in [0.5, 0.6) is 11.5 Å². The van der Waals surface area contributed by atoms with Crippen LogP contribution in [0.4, 0.5) is 0 Å². The molecule has 2 fully saturated rings. The molecule has 174 valence electrons.